The molecule has 0 saturated carbocycles. The number of carbonyl (C=O) groups excluding carboxylic acids is 1. The van der Waals surface area contributed by atoms with Crippen LogP contribution in [0.4, 0.5) is 0 Å². The molecule has 0 saturated heterocycles. The molecular weight excluding hydrogens is 256 g/mol. The molecule has 1 aromatic rings. The summed E-state index contributed by atoms with van der Waals surface area (Å²) in [7, 11) is 0. The fourth-order valence-corrected chi connectivity index (χ4v) is 0.868. The van der Waals surface area contributed by atoms with E-state index in [1.165, 1.54) is 5.56 Å². The number of benzene rings is 1. The molecule has 0 spiro atoms. The van der Waals surface area contributed by atoms with E-state index in [2.05, 4.69) is 53.0 Å². The summed E-state index contributed by atoms with van der Waals surface area (Å²) in [5.41, 5.74) is 1.32. The van der Waals surface area contributed by atoms with Crippen molar-refractivity contribution in [2.45, 2.75) is 54.4 Å². The lowest BCUT2D eigenvalue weighted by molar-refractivity contribution is -0.0979. The van der Waals surface area contributed by atoms with Gasteiger partial charge in [0.2, 0.25) is 0 Å². The second kappa shape index (κ2) is 31.0. The normalized spacial score (nSPS) is 7.19. The lowest BCUT2D eigenvalue weighted by atomic mass is 10.1. The average molecular weight is 293 g/mol. The van der Waals surface area contributed by atoms with Gasteiger partial charge in [0.25, 0.3) is 0 Å². The second-order valence-corrected chi connectivity index (χ2v) is 4.27. The Morgan fingerprint density at radius 2 is 1.38 bits per heavy atom. The van der Waals surface area contributed by atoms with Crippen LogP contribution in [0.1, 0.15) is 53.0 Å². The van der Waals surface area contributed by atoms with Crippen molar-refractivity contribution < 1.29 is 4.79 Å². The second-order valence-electron chi connectivity index (χ2n) is 4.27. The summed E-state index contributed by atoms with van der Waals surface area (Å²) in [6.45, 7) is 21.6. The van der Waals surface area contributed by atoms with Crippen LogP contribution in [0.3, 0.4) is 0 Å². The average Bonchev–Trinajstić information content (AvgIpc) is 2.53. The van der Waals surface area contributed by atoms with Crippen molar-refractivity contribution in [2.75, 3.05) is 0 Å². The van der Waals surface area contributed by atoms with Crippen molar-refractivity contribution in [1.29, 1.82) is 0 Å². The molecule has 0 aliphatic rings. The molecule has 1 rings (SSSR count). The number of allylic oxidation sites excluding steroid dienone is 2. The minimum absolute atomic E-state index is 0.780. The summed E-state index contributed by atoms with van der Waals surface area (Å²) in [6.07, 6.45) is 6.05. The Bertz CT molecular complexity index is 275. The van der Waals surface area contributed by atoms with Crippen molar-refractivity contribution >= 4 is 6.79 Å². The van der Waals surface area contributed by atoms with Crippen molar-refractivity contribution in [2.24, 2.45) is 5.92 Å². The first-order chi connectivity index (χ1) is 10.1. The minimum Gasteiger partial charge on any atom is -0.307 e. The van der Waals surface area contributed by atoms with Crippen molar-refractivity contribution in [3.8, 4) is 0 Å². The van der Waals surface area contributed by atoms with Gasteiger partial charge in [-0.3, -0.25) is 0 Å². The zero-order chi connectivity index (χ0) is 17.5. The van der Waals surface area contributed by atoms with Crippen molar-refractivity contribution in [3.63, 3.8) is 0 Å². The van der Waals surface area contributed by atoms with E-state index in [4.69, 9.17) is 4.79 Å². The Kier molecular flexibility index (Phi) is 40.9. The molecule has 0 radical (unpaired) electrons. The van der Waals surface area contributed by atoms with Crippen LogP contribution in [0.15, 0.2) is 55.6 Å². The van der Waals surface area contributed by atoms with E-state index in [0.717, 1.165) is 18.8 Å². The fourth-order valence-electron chi connectivity index (χ4n) is 0.868. The first kappa shape index (κ1) is 27.7. The number of carbonyl (C=O) groups is 1. The summed E-state index contributed by atoms with van der Waals surface area (Å²) in [5.74, 6) is 0.780. The Morgan fingerprint density at radius 3 is 1.48 bits per heavy atom. The molecule has 1 nitrogen and oxygen atoms in total. The third-order valence-corrected chi connectivity index (χ3v) is 1.87. The molecule has 0 aromatic heterocycles. The Hall–Kier alpha value is -1.63. The van der Waals surface area contributed by atoms with E-state index in [1.54, 1.807) is 0 Å². The van der Waals surface area contributed by atoms with E-state index >= 15 is 0 Å². The summed E-state index contributed by atoms with van der Waals surface area (Å²) >= 11 is 0. The first-order valence-electron chi connectivity index (χ1n) is 7.60. The van der Waals surface area contributed by atoms with E-state index in [1.807, 2.05) is 51.0 Å². The monoisotopic (exact) mass is 292 g/mol. The van der Waals surface area contributed by atoms with Gasteiger partial charge in [-0.1, -0.05) is 82.7 Å². The maximum atomic E-state index is 8.00. The largest absolute Gasteiger partial charge is 0.307 e. The van der Waals surface area contributed by atoms with Crippen molar-refractivity contribution in [3.05, 3.63) is 61.2 Å². The molecule has 0 N–H and O–H groups in total. The van der Waals surface area contributed by atoms with Crippen LogP contribution in [0.5, 0.6) is 0 Å². The molecule has 0 amide bonds. The van der Waals surface area contributed by atoms with Crippen LogP contribution in [0.25, 0.3) is 0 Å². The third kappa shape index (κ3) is 45.8. The third-order valence-electron chi connectivity index (χ3n) is 1.87. The van der Waals surface area contributed by atoms with Gasteiger partial charge < -0.3 is 4.79 Å². The van der Waals surface area contributed by atoms with Gasteiger partial charge in [0, 0.05) is 0 Å². The highest BCUT2D eigenvalue weighted by Gasteiger charge is 1.82. The van der Waals surface area contributed by atoms with Gasteiger partial charge >= 0.3 is 0 Å². The first-order valence-corrected chi connectivity index (χ1v) is 7.60. The Morgan fingerprint density at radius 1 is 1.00 bits per heavy atom. The number of hydrogen-bond acceptors (Lipinski definition) is 1. The molecule has 122 valence electrons. The molecule has 0 aliphatic carbocycles. The molecule has 0 unspecified atom stereocenters. The maximum absolute atomic E-state index is 8.00. The van der Waals surface area contributed by atoms with Gasteiger partial charge in [0.05, 0.1) is 0 Å². The van der Waals surface area contributed by atoms with Gasteiger partial charge in [-0.05, 0) is 25.7 Å². The summed E-state index contributed by atoms with van der Waals surface area (Å²) < 4.78 is 0. The molecule has 0 aliphatic heterocycles. The van der Waals surface area contributed by atoms with Crippen LogP contribution >= 0.6 is 0 Å². The summed E-state index contributed by atoms with van der Waals surface area (Å²) in [4.78, 5) is 8.00. The van der Waals surface area contributed by atoms with Crippen LogP contribution in [-0.2, 0) is 4.79 Å². The van der Waals surface area contributed by atoms with E-state index in [9.17, 15) is 0 Å². The van der Waals surface area contributed by atoms with E-state index in [-0.39, 0.29) is 0 Å². The minimum atomic E-state index is 0.780. The molecule has 0 atom stereocenters. The Balaban J connectivity index is -0.0000000948. The van der Waals surface area contributed by atoms with Gasteiger partial charge in [-0.2, -0.15) is 0 Å². The van der Waals surface area contributed by atoms with Crippen LogP contribution < -0.4 is 0 Å². The predicted octanol–water partition coefficient (Wildman–Crippen LogP) is 6.64. The molecule has 0 fully saturated rings. The standard InChI is InChI=1S/C7H8.C6H12.C4H8.C2H6.CH2O/c1-7-5-3-2-4-6-7;1-4-5-6(2)3;1-3-4-2;2*1-2/h2-6H,1H3;4,6H,1,5H2,2-3H3;3H,1,4H2,2H3;1-2H3;1H2. The Labute approximate surface area is 133 Å². The maximum Gasteiger partial charge on any atom is 0.106 e. The van der Waals surface area contributed by atoms with Crippen LogP contribution in [-0.4, -0.2) is 6.79 Å². The molecule has 21 heavy (non-hydrogen) atoms. The van der Waals surface area contributed by atoms with Crippen LogP contribution in [0.2, 0.25) is 0 Å². The zero-order valence-corrected chi connectivity index (χ0v) is 15.1. The topological polar surface area (TPSA) is 17.1 Å². The van der Waals surface area contributed by atoms with Gasteiger partial charge in [-0.15, -0.1) is 13.2 Å². The molecule has 0 heterocycles. The lowest BCUT2D eigenvalue weighted by Gasteiger charge is -1.92. The van der Waals surface area contributed by atoms with Gasteiger partial charge in [0.1, 0.15) is 6.79 Å². The van der Waals surface area contributed by atoms with Gasteiger partial charge in [-0.25, -0.2) is 0 Å². The molecule has 1 aromatic carbocycles. The summed E-state index contributed by atoms with van der Waals surface area (Å²) in [6, 6.07) is 10.3. The van der Waals surface area contributed by atoms with Crippen LogP contribution in [0, 0.1) is 12.8 Å². The highest BCUT2D eigenvalue weighted by Crippen LogP contribution is 1.96. The predicted molar refractivity (Wildman–Crippen MR) is 99.8 cm³/mol. The quantitative estimate of drug-likeness (QED) is 0.571. The van der Waals surface area contributed by atoms with E-state index in [0.29, 0.717) is 0 Å². The van der Waals surface area contributed by atoms with Gasteiger partial charge in [0.15, 0.2) is 0 Å². The van der Waals surface area contributed by atoms with E-state index < -0.39 is 0 Å². The smallest absolute Gasteiger partial charge is 0.106 e. The number of aryl methyl sites for hydroxylation is 1. The molecule has 1 heteroatoms. The zero-order valence-electron chi connectivity index (χ0n) is 15.1. The SMILES string of the molecule is C=CCC.C=CCC(C)C.C=O.CC.Cc1ccccc1. The molecular formula is C20H36O. The summed E-state index contributed by atoms with van der Waals surface area (Å²) in [5, 5.41) is 0. The molecule has 0 bridgehead atoms. The lowest BCUT2D eigenvalue weighted by Crippen LogP contribution is -1.78. The highest BCUT2D eigenvalue weighted by atomic mass is 16.1. The highest BCUT2D eigenvalue weighted by molar-refractivity contribution is 5.11. The van der Waals surface area contributed by atoms with Crippen molar-refractivity contribution in [1.82, 2.24) is 0 Å². The number of rotatable bonds is 3. The fraction of sp³-hybridized carbons (Fsp3) is 0.450. The number of hydrogen-bond donors (Lipinski definition) is 0.